The van der Waals surface area contributed by atoms with E-state index in [0.717, 1.165) is 18.5 Å². The van der Waals surface area contributed by atoms with E-state index in [4.69, 9.17) is 5.73 Å². The molecule has 0 saturated heterocycles. The Hall–Kier alpha value is -1.09. The number of nitrogens with two attached hydrogens (primary N) is 1. The van der Waals surface area contributed by atoms with E-state index >= 15 is 0 Å². The minimum atomic E-state index is -0.0194. The Labute approximate surface area is 70.6 Å². The van der Waals surface area contributed by atoms with Gasteiger partial charge in [-0.15, -0.1) is 0 Å². The maximum absolute atomic E-state index is 11.0. The molecule has 1 aromatic heterocycles. The van der Waals surface area contributed by atoms with Gasteiger partial charge in [0.1, 0.15) is 0 Å². The van der Waals surface area contributed by atoms with Gasteiger partial charge in [-0.3, -0.25) is 4.79 Å². The summed E-state index contributed by atoms with van der Waals surface area (Å²) in [7, 11) is 0. The SMILES string of the molecule is NCC1CCc2ccc(=O)[nH]c21. The molecule has 1 aliphatic carbocycles. The van der Waals surface area contributed by atoms with E-state index in [0.29, 0.717) is 12.5 Å². The average Bonchev–Trinajstić information content (AvgIpc) is 2.46. The van der Waals surface area contributed by atoms with Crippen molar-refractivity contribution in [2.24, 2.45) is 5.73 Å². The lowest BCUT2D eigenvalue weighted by Gasteiger charge is -2.06. The Morgan fingerprint density at radius 3 is 3.17 bits per heavy atom. The molecule has 3 nitrogen and oxygen atoms in total. The summed E-state index contributed by atoms with van der Waals surface area (Å²) in [4.78, 5) is 13.8. The molecule has 2 rings (SSSR count). The van der Waals surface area contributed by atoms with E-state index in [-0.39, 0.29) is 5.56 Å². The van der Waals surface area contributed by atoms with Crippen LogP contribution in [0.25, 0.3) is 0 Å². The molecule has 0 saturated carbocycles. The molecule has 0 amide bonds. The highest BCUT2D eigenvalue weighted by Crippen LogP contribution is 2.28. The fourth-order valence-corrected chi connectivity index (χ4v) is 1.81. The minimum Gasteiger partial charge on any atom is -0.330 e. The third kappa shape index (κ3) is 1.06. The lowest BCUT2D eigenvalue weighted by Crippen LogP contribution is -2.14. The summed E-state index contributed by atoms with van der Waals surface area (Å²) < 4.78 is 0. The Bertz CT molecular complexity index is 343. The number of hydrogen-bond acceptors (Lipinski definition) is 2. The van der Waals surface area contributed by atoms with Gasteiger partial charge < -0.3 is 10.7 Å². The van der Waals surface area contributed by atoms with Crippen LogP contribution in [0.1, 0.15) is 23.6 Å². The van der Waals surface area contributed by atoms with Gasteiger partial charge >= 0.3 is 0 Å². The van der Waals surface area contributed by atoms with Gasteiger partial charge in [0, 0.05) is 24.2 Å². The van der Waals surface area contributed by atoms with E-state index in [9.17, 15) is 4.79 Å². The van der Waals surface area contributed by atoms with Crippen LogP contribution in [0.2, 0.25) is 0 Å². The van der Waals surface area contributed by atoms with Gasteiger partial charge in [0.15, 0.2) is 0 Å². The van der Waals surface area contributed by atoms with Gasteiger partial charge in [0.25, 0.3) is 0 Å². The van der Waals surface area contributed by atoms with Crippen LogP contribution in [0.3, 0.4) is 0 Å². The van der Waals surface area contributed by atoms with Gasteiger partial charge in [0.05, 0.1) is 0 Å². The number of nitrogens with one attached hydrogen (secondary N) is 1. The van der Waals surface area contributed by atoms with Gasteiger partial charge in [0.2, 0.25) is 5.56 Å². The summed E-state index contributed by atoms with van der Waals surface area (Å²) in [6, 6.07) is 3.49. The highest BCUT2D eigenvalue weighted by atomic mass is 16.1. The number of aromatic nitrogens is 1. The number of fused-ring (bicyclic) bond motifs is 1. The third-order valence-electron chi connectivity index (χ3n) is 2.49. The van der Waals surface area contributed by atoms with Crippen LogP contribution in [0.5, 0.6) is 0 Å². The van der Waals surface area contributed by atoms with Crippen LogP contribution in [-0.4, -0.2) is 11.5 Å². The molecule has 3 N–H and O–H groups in total. The first-order chi connectivity index (χ1) is 5.81. The zero-order chi connectivity index (χ0) is 8.55. The first-order valence-corrected chi connectivity index (χ1v) is 4.23. The number of rotatable bonds is 1. The molecule has 1 aliphatic rings. The molecule has 1 unspecified atom stereocenters. The van der Waals surface area contributed by atoms with Crippen molar-refractivity contribution in [1.29, 1.82) is 0 Å². The molecule has 0 spiro atoms. The topological polar surface area (TPSA) is 58.9 Å². The van der Waals surface area contributed by atoms with Crippen LogP contribution < -0.4 is 11.3 Å². The fraction of sp³-hybridized carbons (Fsp3) is 0.444. The number of aromatic amines is 1. The maximum atomic E-state index is 11.0. The monoisotopic (exact) mass is 164 g/mol. The van der Waals surface area contributed by atoms with Crippen molar-refractivity contribution >= 4 is 0 Å². The molecule has 0 aliphatic heterocycles. The van der Waals surface area contributed by atoms with Crippen LogP contribution in [0.15, 0.2) is 16.9 Å². The highest BCUT2D eigenvalue weighted by molar-refractivity contribution is 5.28. The Morgan fingerprint density at radius 2 is 2.42 bits per heavy atom. The lowest BCUT2D eigenvalue weighted by molar-refractivity contribution is 0.673. The zero-order valence-corrected chi connectivity index (χ0v) is 6.84. The molecule has 3 heteroatoms. The van der Waals surface area contributed by atoms with E-state index in [1.54, 1.807) is 6.07 Å². The largest absolute Gasteiger partial charge is 0.330 e. The fourth-order valence-electron chi connectivity index (χ4n) is 1.81. The minimum absolute atomic E-state index is 0.0194. The van der Waals surface area contributed by atoms with Gasteiger partial charge in [-0.25, -0.2) is 0 Å². The van der Waals surface area contributed by atoms with E-state index in [1.165, 1.54) is 5.56 Å². The maximum Gasteiger partial charge on any atom is 0.248 e. The molecule has 1 atom stereocenters. The van der Waals surface area contributed by atoms with Crippen molar-refractivity contribution in [2.45, 2.75) is 18.8 Å². The first kappa shape index (κ1) is 7.55. The number of H-pyrrole nitrogens is 1. The standard InChI is InChI=1S/C9H12N2O/c10-5-7-2-1-6-3-4-8(12)11-9(6)7/h3-4,7H,1-2,5,10H2,(H,11,12). The number of aryl methyl sites for hydroxylation is 1. The van der Waals surface area contributed by atoms with Gasteiger partial charge in [-0.1, -0.05) is 6.07 Å². The van der Waals surface area contributed by atoms with Gasteiger partial charge in [-0.2, -0.15) is 0 Å². The van der Waals surface area contributed by atoms with Crippen LogP contribution in [0.4, 0.5) is 0 Å². The molecule has 1 aromatic rings. The van der Waals surface area contributed by atoms with E-state index < -0.39 is 0 Å². The number of pyridine rings is 1. The molecule has 0 radical (unpaired) electrons. The van der Waals surface area contributed by atoms with E-state index in [1.807, 2.05) is 6.07 Å². The Morgan fingerprint density at radius 1 is 1.58 bits per heavy atom. The third-order valence-corrected chi connectivity index (χ3v) is 2.49. The summed E-state index contributed by atoms with van der Waals surface area (Å²) in [5.74, 6) is 0.369. The zero-order valence-electron chi connectivity index (χ0n) is 6.84. The second kappa shape index (κ2) is 2.75. The summed E-state index contributed by atoms with van der Waals surface area (Å²) >= 11 is 0. The first-order valence-electron chi connectivity index (χ1n) is 4.23. The smallest absolute Gasteiger partial charge is 0.248 e. The van der Waals surface area contributed by atoms with Crippen molar-refractivity contribution in [3.63, 3.8) is 0 Å². The average molecular weight is 164 g/mol. The summed E-state index contributed by atoms with van der Waals surface area (Å²) in [6.07, 6.45) is 2.12. The van der Waals surface area contributed by atoms with Crippen molar-refractivity contribution in [3.8, 4) is 0 Å². The van der Waals surface area contributed by atoms with Crippen molar-refractivity contribution < 1.29 is 0 Å². The van der Waals surface area contributed by atoms with E-state index in [2.05, 4.69) is 4.98 Å². The molecule has 1 heterocycles. The Balaban J connectivity index is 2.49. The predicted molar refractivity (Wildman–Crippen MR) is 47.2 cm³/mol. The molecule has 12 heavy (non-hydrogen) atoms. The normalized spacial score (nSPS) is 20.9. The van der Waals surface area contributed by atoms with Crippen molar-refractivity contribution in [3.05, 3.63) is 33.7 Å². The quantitative estimate of drug-likeness (QED) is 0.629. The van der Waals surface area contributed by atoms with Crippen molar-refractivity contribution in [2.75, 3.05) is 6.54 Å². The summed E-state index contributed by atoms with van der Waals surface area (Å²) in [5, 5.41) is 0. The van der Waals surface area contributed by atoms with Crippen LogP contribution >= 0.6 is 0 Å². The lowest BCUT2D eigenvalue weighted by atomic mass is 10.1. The van der Waals surface area contributed by atoms with Gasteiger partial charge in [-0.05, 0) is 18.4 Å². The molecular weight excluding hydrogens is 152 g/mol. The highest BCUT2D eigenvalue weighted by Gasteiger charge is 2.21. The predicted octanol–water partition coefficient (Wildman–Crippen LogP) is 0.363. The second-order valence-electron chi connectivity index (χ2n) is 3.23. The summed E-state index contributed by atoms with van der Waals surface area (Å²) in [5.41, 5.74) is 7.87. The molecule has 0 fully saturated rings. The number of hydrogen-bond donors (Lipinski definition) is 2. The molecule has 0 aromatic carbocycles. The molecule has 0 bridgehead atoms. The van der Waals surface area contributed by atoms with Crippen molar-refractivity contribution in [1.82, 2.24) is 4.98 Å². The van der Waals surface area contributed by atoms with Crippen LogP contribution in [-0.2, 0) is 6.42 Å². The summed E-state index contributed by atoms with van der Waals surface area (Å²) in [6.45, 7) is 0.632. The Kier molecular flexibility index (Phi) is 1.73. The molecular formula is C9H12N2O. The molecule has 64 valence electrons. The second-order valence-corrected chi connectivity index (χ2v) is 3.23. The van der Waals surface area contributed by atoms with Crippen LogP contribution in [0, 0.1) is 0 Å².